The third-order valence-electron chi connectivity index (χ3n) is 3.47. The summed E-state index contributed by atoms with van der Waals surface area (Å²) >= 11 is 0. The van der Waals surface area contributed by atoms with Gasteiger partial charge in [-0.1, -0.05) is 44.2 Å². The van der Waals surface area contributed by atoms with E-state index in [1.807, 2.05) is 24.3 Å². The molecule has 2 nitrogen and oxygen atoms in total. The van der Waals surface area contributed by atoms with E-state index >= 15 is 0 Å². The number of hydrogen-bond acceptors (Lipinski definition) is 1. The van der Waals surface area contributed by atoms with Gasteiger partial charge in [-0.25, -0.2) is 4.39 Å². The smallest absolute Gasteiger partial charge is 0.258 e. The van der Waals surface area contributed by atoms with Crippen LogP contribution in [0.5, 0.6) is 0 Å². The van der Waals surface area contributed by atoms with Crippen molar-refractivity contribution in [2.24, 2.45) is 0 Å². The molecule has 0 heterocycles. The molecule has 0 bridgehead atoms. The van der Waals surface area contributed by atoms with Gasteiger partial charge in [0, 0.05) is 5.69 Å². The Kier molecular flexibility index (Phi) is 4.51. The van der Waals surface area contributed by atoms with E-state index in [0.717, 1.165) is 17.7 Å². The molecular weight excluding hydrogens is 253 g/mol. The number of halogens is 1. The van der Waals surface area contributed by atoms with Crippen molar-refractivity contribution in [3.63, 3.8) is 0 Å². The molecule has 0 saturated carbocycles. The molecule has 0 fully saturated rings. The lowest BCUT2D eigenvalue weighted by Gasteiger charge is -2.15. The summed E-state index contributed by atoms with van der Waals surface area (Å²) in [4.78, 5) is 12.1. The molecule has 1 amide bonds. The van der Waals surface area contributed by atoms with E-state index in [9.17, 15) is 9.18 Å². The minimum Gasteiger partial charge on any atom is -0.322 e. The summed E-state index contributed by atoms with van der Waals surface area (Å²) in [7, 11) is 0. The van der Waals surface area contributed by atoms with Crippen molar-refractivity contribution in [2.45, 2.75) is 26.2 Å². The van der Waals surface area contributed by atoms with Gasteiger partial charge in [-0.05, 0) is 36.1 Å². The number of rotatable bonds is 4. The van der Waals surface area contributed by atoms with E-state index in [-0.39, 0.29) is 5.56 Å². The maximum atomic E-state index is 13.6. The number of anilines is 1. The van der Waals surface area contributed by atoms with Crippen LogP contribution in [-0.2, 0) is 0 Å². The Morgan fingerprint density at radius 1 is 1.15 bits per heavy atom. The van der Waals surface area contributed by atoms with Gasteiger partial charge in [-0.2, -0.15) is 0 Å². The Labute approximate surface area is 118 Å². The summed E-state index contributed by atoms with van der Waals surface area (Å²) in [6, 6.07) is 13.6. The summed E-state index contributed by atoms with van der Waals surface area (Å²) in [5.41, 5.74) is 1.88. The number of amides is 1. The quantitative estimate of drug-likeness (QED) is 0.865. The predicted molar refractivity (Wildman–Crippen MR) is 79.5 cm³/mol. The van der Waals surface area contributed by atoms with Crippen molar-refractivity contribution in [1.82, 2.24) is 0 Å². The fourth-order valence-corrected chi connectivity index (χ4v) is 2.10. The third-order valence-corrected chi connectivity index (χ3v) is 3.47. The highest BCUT2D eigenvalue weighted by atomic mass is 19.1. The van der Waals surface area contributed by atoms with Crippen molar-refractivity contribution < 1.29 is 9.18 Å². The first-order chi connectivity index (χ1) is 9.63. The SMILES string of the molecule is CC[C@H](C)c1ccccc1NC(=O)c1ccccc1F. The summed E-state index contributed by atoms with van der Waals surface area (Å²) < 4.78 is 13.6. The molecular formula is C17H18FNO. The molecule has 0 aliphatic heterocycles. The van der Waals surface area contributed by atoms with E-state index in [0.29, 0.717) is 5.92 Å². The highest BCUT2D eigenvalue weighted by Gasteiger charge is 2.14. The zero-order chi connectivity index (χ0) is 14.5. The second-order valence-electron chi connectivity index (χ2n) is 4.83. The van der Waals surface area contributed by atoms with Gasteiger partial charge in [0.15, 0.2) is 0 Å². The highest BCUT2D eigenvalue weighted by Crippen LogP contribution is 2.27. The first kappa shape index (κ1) is 14.3. The largest absolute Gasteiger partial charge is 0.322 e. The Morgan fingerprint density at radius 2 is 1.80 bits per heavy atom. The maximum Gasteiger partial charge on any atom is 0.258 e. The zero-order valence-electron chi connectivity index (χ0n) is 11.7. The van der Waals surface area contributed by atoms with Crippen molar-refractivity contribution in [3.05, 3.63) is 65.5 Å². The van der Waals surface area contributed by atoms with E-state index in [1.165, 1.54) is 12.1 Å². The van der Waals surface area contributed by atoms with E-state index in [1.54, 1.807) is 12.1 Å². The molecule has 0 aliphatic rings. The van der Waals surface area contributed by atoms with Crippen LogP contribution < -0.4 is 5.32 Å². The number of carbonyl (C=O) groups excluding carboxylic acids is 1. The van der Waals surface area contributed by atoms with E-state index < -0.39 is 11.7 Å². The normalized spacial score (nSPS) is 11.9. The molecule has 1 atom stereocenters. The third kappa shape index (κ3) is 3.05. The van der Waals surface area contributed by atoms with Gasteiger partial charge < -0.3 is 5.32 Å². The Balaban J connectivity index is 2.27. The van der Waals surface area contributed by atoms with Gasteiger partial charge in [-0.3, -0.25) is 4.79 Å². The average Bonchev–Trinajstić information content (AvgIpc) is 2.47. The average molecular weight is 271 g/mol. The van der Waals surface area contributed by atoms with Crippen LogP contribution in [0.25, 0.3) is 0 Å². The van der Waals surface area contributed by atoms with Crippen LogP contribution in [0.2, 0.25) is 0 Å². The Hall–Kier alpha value is -2.16. The molecule has 1 N–H and O–H groups in total. The Morgan fingerprint density at radius 3 is 2.50 bits per heavy atom. The minimum absolute atomic E-state index is 0.0615. The number of benzene rings is 2. The molecule has 0 aromatic heterocycles. The topological polar surface area (TPSA) is 29.1 Å². The van der Waals surface area contributed by atoms with Crippen molar-refractivity contribution >= 4 is 11.6 Å². The summed E-state index contributed by atoms with van der Waals surface area (Å²) in [6.45, 7) is 4.20. The molecule has 2 aromatic rings. The van der Waals surface area contributed by atoms with Crippen LogP contribution in [0, 0.1) is 5.82 Å². The molecule has 2 aromatic carbocycles. The molecule has 20 heavy (non-hydrogen) atoms. The number of carbonyl (C=O) groups is 1. The first-order valence-electron chi connectivity index (χ1n) is 6.78. The van der Waals surface area contributed by atoms with E-state index in [4.69, 9.17) is 0 Å². The lowest BCUT2D eigenvalue weighted by molar-refractivity contribution is 0.102. The van der Waals surface area contributed by atoms with Gasteiger partial charge in [0.05, 0.1) is 5.56 Å². The maximum absolute atomic E-state index is 13.6. The predicted octanol–water partition coefficient (Wildman–Crippen LogP) is 4.59. The molecule has 0 spiro atoms. The highest BCUT2D eigenvalue weighted by molar-refractivity contribution is 6.04. The van der Waals surface area contributed by atoms with Gasteiger partial charge >= 0.3 is 0 Å². The molecule has 104 valence electrons. The van der Waals surface area contributed by atoms with Gasteiger partial charge in [0.25, 0.3) is 5.91 Å². The lowest BCUT2D eigenvalue weighted by atomic mass is 9.97. The fourth-order valence-electron chi connectivity index (χ4n) is 2.10. The molecule has 0 saturated heterocycles. The summed E-state index contributed by atoms with van der Waals surface area (Å²) in [5.74, 6) is -0.586. The number of para-hydroxylation sites is 1. The van der Waals surface area contributed by atoms with Crippen molar-refractivity contribution in [2.75, 3.05) is 5.32 Å². The fraction of sp³-hybridized carbons (Fsp3) is 0.235. The molecule has 0 unspecified atom stereocenters. The number of nitrogens with one attached hydrogen (secondary N) is 1. The summed E-state index contributed by atoms with van der Waals surface area (Å²) in [6.07, 6.45) is 0.979. The van der Waals surface area contributed by atoms with E-state index in [2.05, 4.69) is 19.2 Å². The van der Waals surface area contributed by atoms with Crippen LogP contribution >= 0.6 is 0 Å². The molecule has 0 aliphatic carbocycles. The van der Waals surface area contributed by atoms with Gasteiger partial charge in [0.1, 0.15) is 5.82 Å². The van der Waals surface area contributed by atoms with Crippen LogP contribution in [0.15, 0.2) is 48.5 Å². The molecule has 3 heteroatoms. The Bertz CT molecular complexity index is 609. The lowest BCUT2D eigenvalue weighted by Crippen LogP contribution is -2.15. The van der Waals surface area contributed by atoms with Crippen LogP contribution in [0.1, 0.15) is 42.1 Å². The van der Waals surface area contributed by atoms with Crippen LogP contribution in [0.4, 0.5) is 10.1 Å². The van der Waals surface area contributed by atoms with Crippen LogP contribution in [0.3, 0.4) is 0 Å². The second kappa shape index (κ2) is 6.33. The minimum atomic E-state index is -0.508. The van der Waals surface area contributed by atoms with Crippen molar-refractivity contribution in [1.29, 1.82) is 0 Å². The van der Waals surface area contributed by atoms with Gasteiger partial charge in [-0.15, -0.1) is 0 Å². The summed E-state index contributed by atoms with van der Waals surface area (Å²) in [5, 5.41) is 2.80. The van der Waals surface area contributed by atoms with Gasteiger partial charge in [0.2, 0.25) is 0 Å². The van der Waals surface area contributed by atoms with Crippen LogP contribution in [-0.4, -0.2) is 5.91 Å². The molecule has 0 radical (unpaired) electrons. The van der Waals surface area contributed by atoms with Crippen molar-refractivity contribution in [3.8, 4) is 0 Å². The monoisotopic (exact) mass is 271 g/mol. The first-order valence-corrected chi connectivity index (χ1v) is 6.78. The zero-order valence-corrected chi connectivity index (χ0v) is 11.7. The molecule has 2 rings (SSSR count). The number of hydrogen-bond donors (Lipinski definition) is 1. The standard InChI is InChI=1S/C17H18FNO/c1-3-12(2)13-8-5-7-11-16(13)19-17(20)14-9-4-6-10-15(14)18/h4-12H,3H2,1-2H3,(H,19,20)/t12-/m0/s1. The second-order valence-corrected chi connectivity index (χ2v) is 4.83.